The van der Waals surface area contributed by atoms with Crippen LogP contribution in [-0.4, -0.2) is 36.1 Å². The molecule has 0 atom stereocenters. The van der Waals surface area contributed by atoms with Crippen LogP contribution in [0.3, 0.4) is 0 Å². The molecule has 4 heteroatoms. The number of amides is 2. The quantitative estimate of drug-likeness (QED) is 0.785. The summed E-state index contributed by atoms with van der Waals surface area (Å²) < 4.78 is 0. The molecule has 1 fully saturated rings. The first-order chi connectivity index (χ1) is 9.25. The average Bonchev–Trinajstić information content (AvgIpc) is 2.99. The molecule has 1 saturated heterocycles. The van der Waals surface area contributed by atoms with Gasteiger partial charge in [-0.15, -0.1) is 0 Å². The van der Waals surface area contributed by atoms with Crippen molar-refractivity contribution in [3.8, 4) is 0 Å². The number of aromatic nitrogens is 1. The van der Waals surface area contributed by atoms with Gasteiger partial charge in [0, 0.05) is 25.5 Å². The number of benzene rings is 1. The molecule has 3 rings (SSSR count). The number of rotatable bonds is 1. The third kappa shape index (κ3) is 2.26. The Morgan fingerprint density at radius 2 is 1.89 bits per heavy atom. The highest BCUT2D eigenvalue weighted by Gasteiger charge is 2.22. The Morgan fingerprint density at radius 1 is 1.16 bits per heavy atom. The number of para-hydroxylation sites is 1. The van der Waals surface area contributed by atoms with Crippen LogP contribution in [0.5, 0.6) is 0 Å². The van der Waals surface area contributed by atoms with Gasteiger partial charge in [-0.05, 0) is 31.0 Å². The van der Waals surface area contributed by atoms with Crippen molar-refractivity contribution in [1.82, 2.24) is 9.88 Å². The molecule has 98 valence electrons. The minimum absolute atomic E-state index is 0.0419. The number of carbonyl (C=O) groups excluding carboxylic acids is 1. The summed E-state index contributed by atoms with van der Waals surface area (Å²) in [5.74, 6) is 0.704. The first-order valence-corrected chi connectivity index (χ1v) is 6.64. The second-order valence-corrected chi connectivity index (χ2v) is 4.90. The maximum absolute atomic E-state index is 12.3. The highest BCUT2D eigenvalue weighted by molar-refractivity contribution is 5.92. The number of pyridine rings is 1. The Hall–Kier alpha value is -2.10. The molecule has 19 heavy (non-hydrogen) atoms. The zero-order valence-electron chi connectivity index (χ0n) is 11.0. The number of urea groups is 1. The zero-order valence-corrected chi connectivity index (χ0v) is 11.0. The van der Waals surface area contributed by atoms with Gasteiger partial charge in [0.25, 0.3) is 0 Å². The summed E-state index contributed by atoms with van der Waals surface area (Å²) in [4.78, 5) is 20.4. The lowest BCUT2D eigenvalue weighted by Crippen LogP contribution is -2.39. The number of carbonyl (C=O) groups is 1. The van der Waals surface area contributed by atoms with Gasteiger partial charge in [0.05, 0.1) is 5.52 Å². The number of nitrogens with zero attached hydrogens (tertiary/aromatic N) is 3. The van der Waals surface area contributed by atoms with Crippen molar-refractivity contribution in [2.45, 2.75) is 12.8 Å². The van der Waals surface area contributed by atoms with Crippen LogP contribution in [0.1, 0.15) is 12.8 Å². The molecule has 2 amide bonds. The van der Waals surface area contributed by atoms with Crippen molar-refractivity contribution in [1.29, 1.82) is 0 Å². The van der Waals surface area contributed by atoms with Gasteiger partial charge >= 0.3 is 6.03 Å². The van der Waals surface area contributed by atoms with Crippen molar-refractivity contribution in [2.24, 2.45) is 0 Å². The smallest absolute Gasteiger partial charge is 0.324 e. The number of hydrogen-bond acceptors (Lipinski definition) is 2. The highest BCUT2D eigenvalue weighted by Crippen LogP contribution is 2.19. The Balaban J connectivity index is 1.88. The summed E-state index contributed by atoms with van der Waals surface area (Å²) in [6, 6.07) is 11.9. The van der Waals surface area contributed by atoms with E-state index in [2.05, 4.69) is 4.98 Å². The fraction of sp³-hybridized carbons (Fsp3) is 0.333. The third-order valence-corrected chi connectivity index (χ3v) is 3.59. The maximum atomic E-state index is 12.3. The van der Waals surface area contributed by atoms with E-state index in [-0.39, 0.29) is 6.03 Å². The second-order valence-electron chi connectivity index (χ2n) is 4.90. The Labute approximate surface area is 112 Å². The predicted octanol–water partition coefficient (Wildman–Crippen LogP) is 2.89. The lowest BCUT2D eigenvalue weighted by molar-refractivity contribution is 0.216. The molecule has 4 nitrogen and oxygen atoms in total. The summed E-state index contributed by atoms with van der Waals surface area (Å²) in [6.45, 7) is 1.72. The van der Waals surface area contributed by atoms with Gasteiger partial charge in [-0.2, -0.15) is 0 Å². The predicted molar refractivity (Wildman–Crippen MR) is 76.3 cm³/mol. The molecule has 2 aromatic rings. The van der Waals surface area contributed by atoms with E-state index in [4.69, 9.17) is 0 Å². The standard InChI is InChI=1S/C15H17N3O/c1-17(15(19)18-10-4-5-11-18)14-9-8-12-6-2-3-7-13(12)16-14/h2-3,6-9H,4-5,10-11H2,1H3. The van der Waals surface area contributed by atoms with E-state index in [1.807, 2.05) is 41.3 Å². The summed E-state index contributed by atoms with van der Waals surface area (Å²) in [7, 11) is 1.79. The van der Waals surface area contributed by atoms with Crippen LogP contribution in [0.2, 0.25) is 0 Å². The van der Waals surface area contributed by atoms with Crippen molar-refractivity contribution >= 4 is 22.8 Å². The minimum Gasteiger partial charge on any atom is -0.324 e. The van der Waals surface area contributed by atoms with Crippen LogP contribution >= 0.6 is 0 Å². The SMILES string of the molecule is CN(C(=O)N1CCCC1)c1ccc2ccccc2n1. The van der Waals surface area contributed by atoms with E-state index < -0.39 is 0 Å². The fourth-order valence-corrected chi connectivity index (χ4v) is 2.46. The molecule has 0 N–H and O–H groups in total. The van der Waals surface area contributed by atoms with Crippen molar-refractivity contribution in [3.63, 3.8) is 0 Å². The van der Waals surface area contributed by atoms with Crippen LogP contribution in [0.15, 0.2) is 36.4 Å². The van der Waals surface area contributed by atoms with E-state index in [0.29, 0.717) is 5.82 Å². The van der Waals surface area contributed by atoms with E-state index in [0.717, 1.165) is 36.8 Å². The Kier molecular flexibility index (Phi) is 3.07. The Bertz CT molecular complexity index is 605. The largest absolute Gasteiger partial charge is 0.325 e. The van der Waals surface area contributed by atoms with Crippen LogP contribution < -0.4 is 4.90 Å². The summed E-state index contributed by atoms with van der Waals surface area (Å²) in [5, 5.41) is 1.09. The number of anilines is 1. The van der Waals surface area contributed by atoms with E-state index in [1.54, 1.807) is 11.9 Å². The fourth-order valence-electron chi connectivity index (χ4n) is 2.46. The average molecular weight is 255 g/mol. The summed E-state index contributed by atoms with van der Waals surface area (Å²) >= 11 is 0. The lowest BCUT2D eigenvalue weighted by Gasteiger charge is -2.23. The maximum Gasteiger partial charge on any atom is 0.325 e. The van der Waals surface area contributed by atoms with E-state index in [9.17, 15) is 4.79 Å². The second kappa shape index (κ2) is 4.88. The summed E-state index contributed by atoms with van der Waals surface area (Å²) in [5.41, 5.74) is 0.918. The number of hydrogen-bond donors (Lipinski definition) is 0. The van der Waals surface area contributed by atoms with Crippen LogP contribution in [0.4, 0.5) is 10.6 Å². The molecule has 0 spiro atoms. The topological polar surface area (TPSA) is 36.4 Å². The van der Waals surface area contributed by atoms with E-state index in [1.165, 1.54) is 0 Å². The number of likely N-dealkylation sites (tertiary alicyclic amines) is 1. The molecular formula is C15H17N3O. The molecule has 1 aromatic carbocycles. The first kappa shape index (κ1) is 12.0. The van der Waals surface area contributed by atoms with Gasteiger partial charge < -0.3 is 4.90 Å². The van der Waals surface area contributed by atoms with Gasteiger partial charge in [0.2, 0.25) is 0 Å². The van der Waals surface area contributed by atoms with Crippen LogP contribution in [0, 0.1) is 0 Å². The van der Waals surface area contributed by atoms with Crippen molar-refractivity contribution in [3.05, 3.63) is 36.4 Å². The van der Waals surface area contributed by atoms with E-state index >= 15 is 0 Å². The van der Waals surface area contributed by atoms with Gasteiger partial charge in [0.15, 0.2) is 0 Å². The van der Waals surface area contributed by atoms with Gasteiger partial charge in [-0.1, -0.05) is 18.2 Å². The molecule has 0 unspecified atom stereocenters. The molecule has 0 aliphatic carbocycles. The van der Waals surface area contributed by atoms with Gasteiger partial charge in [-0.25, -0.2) is 9.78 Å². The molecular weight excluding hydrogens is 238 g/mol. The molecule has 1 aliphatic heterocycles. The molecule has 0 radical (unpaired) electrons. The lowest BCUT2D eigenvalue weighted by atomic mass is 10.2. The molecule has 0 bridgehead atoms. The Morgan fingerprint density at radius 3 is 2.68 bits per heavy atom. The molecule has 1 aliphatic rings. The van der Waals surface area contributed by atoms with Crippen molar-refractivity contribution < 1.29 is 4.79 Å². The third-order valence-electron chi connectivity index (χ3n) is 3.59. The van der Waals surface area contributed by atoms with Crippen LogP contribution in [0.25, 0.3) is 10.9 Å². The van der Waals surface area contributed by atoms with Gasteiger partial charge in [0.1, 0.15) is 5.82 Å². The highest BCUT2D eigenvalue weighted by atomic mass is 16.2. The monoisotopic (exact) mass is 255 g/mol. The zero-order chi connectivity index (χ0) is 13.2. The van der Waals surface area contributed by atoms with Gasteiger partial charge in [-0.3, -0.25) is 4.90 Å². The van der Waals surface area contributed by atoms with Crippen LogP contribution in [-0.2, 0) is 0 Å². The summed E-state index contributed by atoms with van der Waals surface area (Å²) in [6.07, 6.45) is 2.20. The molecule has 0 saturated carbocycles. The normalized spacial score (nSPS) is 14.9. The first-order valence-electron chi connectivity index (χ1n) is 6.64. The minimum atomic E-state index is 0.0419. The molecule has 1 aromatic heterocycles. The number of fused-ring (bicyclic) bond motifs is 1. The van der Waals surface area contributed by atoms with Crippen molar-refractivity contribution in [2.75, 3.05) is 25.0 Å². The molecule has 2 heterocycles.